The molecule has 0 radical (unpaired) electrons. The molecule has 12 rings (SSSR count). The van der Waals surface area contributed by atoms with E-state index < -0.39 is 93.9 Å². The Morgan fingerprint density at radius 1 is 0.319 bits per heavy atom. The van der Waals surface area contributed by atoms with E-state index in [0.717, 1.165) is 42.9 Å². The number of amides is 12. The van der Waals surface area contributed by atoms with Gasteiger partial charge in [0.1, 0.15) is 35.8 Å². The van der Waals surface area contributed by atoms with Crippen LogP contribution < -0.4 is 21.3 Å². The van der Waals surface area contributed by atoms with Crippen LogP contribution in [0, 0.1) is 11.6 Å². The van der Waals surface area contributed by atoms with Crippen molar-refractivity contribution in [1.29, 1.82) is 0 Å². The Hall–Kier alpha value is -9.86. The fourth-order valence-electron chi connectivity index (χ4n) is 12.3. The highest BCUT2D eigenvalue weighted by Crippen LogP contribution is 2.38. The number of carbonyl (C=O) groups is 12. The number of nitrogens with one attached hydrogen (secondary N) is 4. The van der Waals surface area contributed by atoms with Crippen LogP contribution in [-0.2, 0) is 40.8 Å². The molecule has 12 amide bonds. The van der Waals surface area contributed by atoms with Crippen LogP contribution in [0.15, 0.2) is 110 Å². The second-order valence-corrected chi connectivity index (χ2v) is 28.8. The van der Waals surface area contributed by atoms with Crippen LogP contribution in [0.5, 0.6) is 0 Å². The highest BCUT2D eigenvalue weighted by atomic mass is 19.1. The second kappa shape index (κ2) is 24.9. The maximum atomic E-state index is 14.4. The summed E-state index contributed by atoms with van der Waals surface area (Å²) in [5.41, 5.74) is 5.71. The third-order valence-electron chi connectivity index (χ3n) is 17.7. The van der Waals surface area contributed by atoms with Gasteiger partial charge < -0.3 is 21.3 Å². The number of hydrogen-bond donors (Lipinski definition) is 4. The molecule has 4 saturated heterocycles. The predicted octanol–water partition coefficient (Wildman–Crippen LogP) is 9.77. The summed E-state index contributed by atoms with van der Waals surface area (Å²) >= 11 is 0. The summed E-state index contributed by atoms with van der Waals surface area (Å²) in [5.74, 6) is -6.49. The fraction of sp³-hybridized carbons (Fsp3) is 0.389. The molecule has 0 aliphatic carbocycles. The number of allylic oxidation sites excluding steroid dienone is 4. The summed E-state index contributed by atoms with van der Waals surface area (Å²) in [7, 11) is 0. The lowest BCUT2D eigenvalue weighted by atomic mass is 9.85. The third kappa shape index (κ3) is 13.0. The van der Waals surface area contributed by atoms with E-state index in [-0.39, 0.29) is 56.7 Å². The minimum absolute atomic E-state index is 0.0164. The number of carbonyl (C=O) groups excluding carboxylic acids is 12. The van der Waals surface area contributed by atoms with E-state index in [2.05, 4.69) is 47.6 Å². The second-order valence-electron chi connectivity index (χ2n) is 28.8. The van der Waals surface area contributed by atoms with Crippen molar-refractivity contribution >= 4 is 70.9 Å². The number of imide groups is 4. The molecule has 0 aromatic heterocycles. The molecule has 4 fully saturated rings. The Balaban J connectivity index is 0.000000148. The van der Waals surface area contributed by atoms with Crippen molar-refractivity contribution in [2.24, 2.45) is 0 Å². The molecule has 22 heteroatoms. The van der Waals surface area contributed by atoms with Crippen molar-refractivity contribution in [1.82, 2.24) is 40.9 Å². The van der Waals surface area contributed by atoms with Crippen molar-refractivity contribution in [3.63, 3.8) is 0 Å². The third-order valence-corrected chi connectivity index (χ3v) is 17.7. The minimum Gasteiger partial charge on any atom is -0.329 e. The number of halogens is 2. The van der Waals surface area contributed by atoms with Gasteiger partial charge in [-0.1, -0.05) is 122 Å². The number of piperidine rings is 4. The first-order chi connectivity index (χ1) is 43.6. The van der Waals surface area contributed by atoms with E-state index in [0.29, 0.717) is 108 Å². The maximum absolute atomic E-state index is 14.4. The van der Waals surface area contributed by atoms with Crippen molar-refractivity contribution in [2.45, 2.75) is 180 Å². The average molecular weight is 1290 g/mol. The molecule has 94 heavy (non-hydrogen) atoms. The van der Waals surface area contributed by atoms with Gasteiger partial charge in [0.2, 0.25) is 23.6 Å². The smallest absolute Gasteiger partial charge is 0.262 e. The summed E-state index contributed by atoms with van der Waals surface area (Å²) in [6.45, 7) is 38.1. The highest BCUT2D eigenvalue weighted by Gasteiger charge is 2.49. The minimum atomic E-state index is -0.885. The summed E-state index contributed by atoms with van der Waals surface area (Å²) in [6.07, 6.45) is 3.60. The van der Waals surface area contributed by atoms with Crippen LogP contribution in [0.3, 0.4) is 0 Å². The first-order valence-corrected chi connectivity index (χ1v) is 31.1. The van der Waals surface area contributed by atoms with E-state index in [1.54, 1.807) is 24.3 Å². The van der Waals surface area contributed by atoms with Crippen LogP contribution >= 0.6 is 0 Å². The van der Waals surface area contributed by atoms with Gasteiger partial charge in [-0.05, 0) is 144 Å². The van der Waals surface area contributed by atoms with Crippen LogP contribution in [0.4, 0.5) is 8.78 Å². The SMILES string of the molecule is C=C1CCC(N2C(=O)c3cc(F)c(C(C)(C)C)cc3C2=O)C(=O)N1.C=C1CCC(N2C(=O)c3ccc(C(C)(C)C)cc3C2=O)C(=O)N1.C=C1CC[C@H](N2C(=O)c3cc(F)c(C(C)(C)C)cc3C2=O)C(=O)N1.C=C1CC[C@H](N2C(=O)c3ccc(C(C)(C)C)cc3C2=O)C(=O)N1. The summed E-state index contributed by atoms with van der Waals surface area (Å²) in [6, 6.07) is 12.5. The lowest BCUT2D eigenvalue weighted by Crippen LogP contribution is -2.51. The van der Waals surface area contributed by atoms with Gasteiger partial charge in [0.25, 0.3) is 47.3 Å². The topological polar surface area (TPSA) is 266 Å². The van der Waals surface area contributed by atoms with Crippen molar-refractivity contribution in [3.05, 3.63) is 188 Å². The van der Waals surface area contributed by atoms with E-state index >= 15 is 0 Å². The molecular formula is C72H78F2N8O12. The Morgan fingerprint density at radius 3 is 0.745 bits per heavy atom. The highest BCUT2D eigenvalue weighted by molar-refractivity contribution is 6.26. The molecule has 8 aliphatic heterocycles. The molecule has 0 saturated carbocycles. The van der Waals surface area contributed by atoms with Crippen LogP contribution in [-0.4, -0.2) is 115 Å². The van der Waals surface area contributed by atoms with Gasteiger partial charge in [0, 0.05) is 22.8 Å². The van der Waals surface area contributed by atoms with Gasteiger partial charge in [-0.25, -0.2) is 8.78 Å². The van der Waals surface area contributed by atoms with Crippen LogP contribution in [0.2, 0.25) is 0 Å². The van der Waals surface area contributed by atoms with Crippen molar-refractivity contribution < 1.29 is 66.3 Å². The number of rotatable bonds is 4. The number of nitrogens with zero attached hydrogens (tertiary/aromatic N) is 4. The molecule has 4 aromatic carbocycles. The Bertz CT molecular complexity index is 3860. The van der Waals surface area contributed by atoms with Gasteiger partial charge in [-0.15, -0.1) is 0 Å². The molecule has 0 spiro atoms. The van der Waals surface area contributed by atoms with Crippen molar-refractivity contribution in [2.75, 3.05) is 0 Å². The van der Waals surface area contributed by atoms with E-state index in [9.17, 15) is 66.3 Å². The molecule has 8 heterocycles. The average Bonchev–Trinajstić information content (AvgIpc) is 1.62. The molecule has 492 valence electrons. The largest absolute Gasteiger partial charge is 0.329 e. The molecule has 4 aromatic rings. The quantitative estimate of drug-likeness (QED) is 0.139. The summed E-state index contributed by atoms with van der Waals surface area (Å²) < 4.78 is 28.7. The predicted molar refractivity (Wildman–Crippen MR) is 344 cm³/mol. The van der Waals surface area contributed by atoms with Gasteiger partial charge in [-0.2, -0.15) is 0 Å². The maximum Gasteiger partial charge on any atom is 0.262 e. The molecule has 4 atom stereocenters. The number of benzene rings is 4. The monoisotopic (exact) mass is 1280 g/mol. The number of fused-ring (bicyclic) bond motifs is 4. The first-order valence-electron chi connectivity index (χ1n) is 31.1. The van der Waals surface area contributed by atoms with Gasteiger partial charge in [0.05, 0.1) is 44.5 Å². The van der Waals surface area contributed by atoms with E-state index in [1.165, 1.54) is 12.1 Å². The zero-order valence-corrected chi connectivity index (χ0v) is 55.0. The van der Waals surface area contributed by atoms with Gasteiger partial charge in [0.15, 0.2) is 0 Å². The molecular weight excluding hydrogens is 1210 g/mol. The van der Waals surface area contributed by atoms with Crippen LogP contribution in [0.25, 0.3) is 0 Å². The van der Waals surface area contributed by atoms with E-state index in [4.69, 9.17) is 0 Å². The normalized spacial score (nSPS) is 21.3. The molecule has 2 unspecified atom stereocenters. The molecule has 20 nitrogen and oxygen atoms in total. The molecule has 4 N–H and O–H groups in total. The zero-order chi connectivity index (χ0) is 69.5. The van der Waals surface area contributed by atoms with E-state index in [1.807, 2.05) is 95.2 Å². The lowest BCUT2D eigenvalue weighted by Gasteiger charge is -2.29. The van der Waals surface area contributed by atoms with Gasteiger partial charge in [-0.3, -0.25) is 77.1 Å². The fourth-order valence-corrected chi connectivity index (χ4v) is 12.3. The Kier molecular flexibility index (Phi) is 18.1. The molecule has 0 bridgehead atoms. The first kappa shape index (κ1) is 68.5. The van der Waals surface area contributed by atoms with Crippen LogP contribution in [0.1, 0.15) is 240 Å². The Labute approximate surface area is 544 Å². The van der Waals surface area contributed by atoms with Crippen molar-refractivity contribution in [3.8, 4) is 0 Å². The standard InChI is InChI=1S/2C18H19FN2O3.2C18H20N2O3/c2*1-9-5-6-14(15(22)20-9)21-16(23)10-7-12(18(2,3)4)13(19)8-11(10)17(21)24;2*1-10-5-8-14(15(21)19-10)20-16(22)12-7-6-11(18(2,3)4)9-13(12)17(20)23/h2*7-8,14H,1,5-6H2,2-4H3,(H,20,22);2*6-7,9,14H,1,5,8H2,2-4H3,(H,19,21)/t14-;;14-;/m0.0./s1. The van der Waals surface area contributed by atoms with Gasteiger partial charge >= 0.3 is 0 Å². The number of hydrogen-bond acceptors (Lipinski definition) is 12. The molecule has 8 aliphatic rings. The zero-order valence-electron chi connectivity index (χ0n) is 55.0. The Morgan fingerprint density at radius 2 is 0.532 bits per heavy atom. The summed E-state index contributed by atoms with van der Waals surface area (Å²) in [5, 5.41) is 10.4. The summed E-state index contributed by atoms with van der Waals surface area (Å²) in [4.78, 5) is 154. The lowest BCUT2D eigenvalue weighted by molar-refractivity contribution is -0.126.